The third-order valence-corrected chi connectivity index (χ3v) is 11.4. The lowest BCUT2D eigenvalue weighted by Crippen LogP contribution is -2.01. The minimum absolute atomic E-state index is 0.657. The van der Waals surface area contributed by atoms with E-state index >= 15 is 0 Å². The second-order valence-electron chi connectivity index (χ2n) is 13.2. The molecule has 0 saturated carbocycles. The van der Waals surface area contributed by atoms with Crippen molar-refractivity contribution in [3.8, 4) is 34.2 Å². The fraction of sp³-hybridized carbons (Fsp3) is 0. The van der Waals surface area contributed by atoms with Gasteiger partial charge in [-0.05, 0) is 72.7 Å². The summed E-state index contributed by atoms with van der Waals surface area (Å²) >= 11 is 1.86. The summed E-state index contributed by atoms with van der Waals surface area (Å²) in [7, 11) is 0. The molecule has 2 heterocycles. The minimum Gasteiger partial charge on any atom is -0.208 e. The van der Waals surface area contributed by atoms with E-state index in [-0.39, 0.29) is 0 Å². The van der Waals surface area contributed by atoms with E-state index < -0.39 is 0 Å². The molecule has 3 nitrogen and oxygen atoms in total. The van der Waals surface area contributed by atoms with Gasteiger partial charge in [-0.25, -0.2) is 15.0 Å². The first-order chi connectivity index (χ1) is 25.3. The highest BCUT2D eigenvalue weighted by Gasteiger charge is 2.21. The van der Waals surface area contributed by atoms with Gasteiger partial charge in [-0.15, -0.1) is 11.3 Å². The summed E-state index contributed by atoms with van der Waals surface area (Å²) in [5.41, 5.74) is 2.96. The Kier molecular flexibility index (Phi) is 6.12. The number of fused-ring (bicyclic) bond motifs is 11. The smallest absolute Gasteiger partial charge is 0.164 e. The average molecular weight is 666 g/mol. The zero-order chi connectivity index (χ0) is 33.5. The van der Waals surface area contributed by atoms with Gasteiger partial charge in [0.1, 0.15) is 0 Å². The minimum atomic E-state index is 0.657. The maximum Gasteiger partial charge on any atom is 0.164 e. The van der Waals surface area contributed by atoms with Gasteiger partial charge < -0.3 is 0 Å². The van der Waals surface area contributed by atoms with E-state index in [1.54, 1.807) is 0 Å². The van der Waals surface area contributed by atoms with Crippen molar-refractivity contribution in [3.63, 3.8) is 0 Å². The fourth-order valence-corrected chi connectivity index (χ4v) is 9.19. The van der Waals surface area contributed by atoms with Crippen molar-refractivity contribution in [1.29, 1.82) is 0 Å². The lowest BCUT2D eigenvalue weighted by molar-refractivity contribution is 1.08. The van der Waals surface area contributed by atoms with Crippen LogP contribution in [0.1, 0.15) is 0 Å². The van der Waals surface area contributed by atoms with Crippen molar-refractivity contribution in [1.82, 2.24) is 15.0 Å². The summed E-state index contributed by atoms with van der Waals surface area (Å²) in [5, 5.41) is 14.5. The lowest BCUT2D eigenvalue weighted by Gasteiger charge is -2.14. The second-order valence-corrected chi connectivity index (χ2v) is 14.2. The first-order valence-electron chi connectivity index (χ1n) is 17.2. The first kappa shape index (κ1) is 28.4. The van der Waals surface area contributed by atoms with Gasteiger partial charge in [0.2, 0.25) is 0 Å². The summed E-state index contributed by atoms with van der Waals surface area (Å²) < 4.78 is 2.51. The number of hydrogen-bond donors (Lipinski definition) is 0. The Morgan fingerprint density at radius 2 is 0.902 bits per heavy atom. The molecule has 9 aromatic carbocycles. The van der Waals surface area contributed by atoms with Gasteiger partial charge in [0.15, 0.2) is 17.5 Å². The van der Waals surface area contributed by atoms with Gasteiger partial charge in [0.25, 0.3) is 0 Å². The molecule has 0 unspecified atom stereocenters. The van der Waals surface area contributed by atoms with Crippen LogP contribution in [0, 0.1) is 0 Å². The summed E-state index contributed by atoms with van der Waals surface area (Å²) in [6, 6.07) is 58.4. The summed E-state index contributed by atoms with van der Waals surface area (Å²) in [6.07, 6.45) is 0. The molecule has 0 N–H and O–H groups in total. The zero-order valence-corrected chi connectivity index (χ0v) is 28.2. The first-order valence-corrected chi connectivity index (χ1v) is 18.0. The Labute approximate surface area is 297 Å². The van der Waals surface area contributed by atoms with Crippen LogP contribution >= 0.6 is 11.3 Å². The Hall–Kier alpha value is -6.49. The average Bonchev–Trinajstić information content (AvgIpc) is 3.57. The summed E-state index contributed by atoms with van der Waals surface area (Å²) in [6.45, 7) is 0. The van der Waals surface area contributed by atoms with Crippen LogP contribution in [0.5, 0.6) is 0 Å². The Balaban J connectivity index is 1.29. The molecular weight excluding hydrogens is 639 g/mol. The molecule has 0 aliphatic carbocycles. The van der Waals surface area contributed by atoms with E-state index in [0.29, 0.717) is 17.5 Å². The molecule has 0 radical (unpaired) electrons. The molecule has 0 spiro atoms. The molecule has 11 rings (SSSR count). The van der Waals surface area contributed by atoms with Crippen molar-refractivity contribution < 1.29 is 0 Å². The summed E-state index contributed by atoms with van der Waals surface area (Å²) in [5.74, 6) is 1.99. The van der Waals surface area contributed by atoms with Crippen LogP contribution in [-0.4, -0.2) is 15.0 Å². The third-order valence-electron chi connectivity index (χ3n) is 10.2. The number of nitrogens with zero attached hydrogens (tertiary/aromatic N) is 3. The van der Waals surface area contributed by atoms with Crippen molar-refractivity contribution in [3.05, 3.63) is 164 Å². The standard InChI is InChI=1S/C47H27N3S/c1-2-13-29(14-3-1)45-48-46(38-25-32-17-7-8-18-34(32)36-20-10-11-21-37(36)38)50-47(49-45)40-26-33-23-22-28-12-6-9-19-35(28)42(33)44-43(40)39-24-30-15-4-5-16-31(30)27-41(39)51-44/h1-27H. The van der Waals surface area contributed by atoms with Crippen molar-refractivity contribution in [2.45, 2.75) is 0 Å². The van der Waals surface area contributed by atoms with Gasteiger partial charge in [-0.2, -0.15) is 0 Å². The highest BCUT2D eigenvalue weighted by atomic mass is 32.1. The SMILES string of the molecule is c1ccc(-c2nc(-c3cc4ccccc4c4ccccc34)nc(-c3cc4ccc5ccccc5c4c4sc5cc6ccccc6cc5c34)n2)cc1. The number of benzene rings is 9. The van der Waals surface area contributed by atoms with Gasteiger partial charge >= 0.3 is 0 Å². The van der Waals surface area contributed by atoms with E-state index in [1.807, 2.05) is 29.5 Å². The van der Waals surface area contributed by atoms with Crippen LogP contribution < -0.4 is 0 Å². The Morgan fingerprint density at radius 1 is 0.333 bits per heavy atom. The largest absolute Gasteiger partial charge is 0.208 e. The molecule has 2 aromatic heterocycles. The third kappa shape index (κ3) is 4.40. The molecule has 236 valence electrons. The molecule has 0 atom stereocenters. The molecule has 0 saturated heterocycles. The van der Waals surface area contributed by atoms with Crippen LogP contribution in [0.2, 0.25) is 0 Å². The maximum absolute atomic E-state index is 5.41. The quantitative estimate of drug-likeness (QED) is 0.176. The van der Waals surface area contributed by atoms with E-state index in [2.05, 4.69) is 146 Å². The maximum atomic E-state index is 5.41. The van der Waals surface area contributed by atoms with Crippen LogP contribution in [-0.2, 0) is 0 Å². The normalized spacial score (nSPS) is 11.9. The van der Waals surface area contributed by atoms with E-state index in [0.717, 1.165) is 27.5 Å². The molecule has 0 bridgehead atoms. The highest BCUT2D eigenvalue weighted by molar-refractivity contribution is 7.27. The molecule has 0 aliphatic heterocycles. The van der Waals surface area contributed by atoms with Crippen molar-refractivity contribution in [2.24, 2.45) is 0 Å². The zero-order valence-electron chi connectivity index (χ0n) is 27.3. The number of rotatable bonds is 3. The predicted molar refractivity (Wildman–Crippen MR) is 217 cm³/mol. The monoisotopic (exact) mass is 665 g/mol. The van der Waals surface area contributed by atoms with Crippen LogP contribution in [0.25, 0.3) is 108 Å². The van der Waals surface area contributed by atoms with Crippen molar-refractivity contribution >= 4 is 85.4 Å². The fourth-order valence-electron chi connectivity index (χ4n) is 7.86. The van der Waals surface area contributed by atoms with Crippen LogP contribution in [0.15, 0.2) is 164 Å². The molecule has 4 heteroatoms. The van der Waals surface area contributed by atoms with E-state index in [1.165, 1.54) is 63.3 Å². The Morgan fingerprint density at radius 3 is 1.71 bits per heavy atom. The molecule has 0 aliphatic rings. The lowest BCUT2D eigenvalue weighted by atomic mass is 9.95. The van der Waals surface area contributed by atoms with Gasteiger partial charge in [-0.3, -0.25) is 0 Å². The van der Waals surface area contributed by atoms with Gasteiger partial charge in [-0.1, -0.05) is 140 Å². The van der Waals surface area contributed by atoms with Gasteiger partial charge in [0, 0.05) is 42.2 Å². The predicted octanol–water partition coefficient (Wildman–Crippen LogP) is 13.0. The second kappa shape index (κ2) is 11.0. The van der Waals surface area contributed by atoms with E-state index in [4.69, 9.17) is 15.0 Å². The van der Waals surface area contributed by atoms with E-state index in [9.17, 15) is 0 Å². The molecule has 11 aromatic rings. The molecule has 0 fully saturated rings. The number of hydrogen-bond acceptors (Lipinski definition) is 4. The molecule has 0 amide bonds. The number of thiophene rings is 1. The number of aromatic nitrogens is 3. The van der Waals surface area contributed by atoms with Crippen LogP contribution in [0.4, 0.5) is 0 Å². The van der Waals surface area contributed by atoms with Gasteiger partial charge in [0.05, 0.1) is 0 Å². The van der Waals surface area contributed by atoms with Crippen molar-refractivity contribution in [2.75, 3.05) is 0 Å². The molecular formula is C47H27N3S. The highest BCUT2D eigenvalue weighted by Crippen LogP contribution is 2.47. The van der Waals surface area contributed by atoms with Crippen LogP contribution in [0.3, 0.4) is 0 Å². The Bertz CT molecular complexity index is 3200. The topological polar surface area (TPSA) is 38.7 Å². The molecule has 51 heavy (non-hydrogen) atoms. The summed E-state index contributed by atoms with van der Waals surface area (Å²) in [4.78, 5) is 15.9.